The van der Waals surface area contributed by atoms with E-state index in [2.05, 4.69) is 37.6 Å². The topological polar surface area (TPSA) is 105 Å². The van der Waals surface area contributed by atoms with Gasteiger partial charge in [-0.2, -0.15) is 4.98 Å². The van der Waals surface area contributed by atoms with Gasteiger partial charge in [0.25, 0.3) is 0 Å². The van der Waals surface area contributed by atoms with E-state index >= 15 is 0 Å². The van der Waals surface area contributed by atoms with Gasteiger partial charge in [-0.25, -0.2) is 9.78 Å². The number of hydrogen-bond donors (Lipinski definition) is 3. The number of hydrogen-bond acceptors (Lipinski definition) is 6. The molecule has 1 amide bonds. The van der Waals surface area contributed by atoms with Gasteiger partial charge in [-0.05, 0) is 30.7 Å². The highest BCUT2D eigenvalue weighted by molar-refractivity contribution is 5.77. The van der Waals surface area contributed by atoms with Crippen molar-refractivity contribution in [2.24, 2.45) is 0 Å². The normalized spacial score (nSPS) is 14.1. The molecule has 2 aromatic heterocycles. The summed E-state index contributed by atoms with van der Waals surface area (Å²) >= 11 is 0. The Kier molecular flexibility index (Phi) is 5.76. The zero-order valence-corrected chi connectivity index (χ0v) is 16.0. The number of anilines is 3. The summed E-state index contributed by atoms with van der Waals surface area (Å²) in [6.45, 7) is 4.34. The van der Waals surface area contributed by atoms with Crippen LogP contribution >= 0.6 is 0 Å². The van der Waals surface area contributed by atoms with Crippen LogP contribution in [0.15, 0.2) is 42.7 Å². The Bertz CT molecular complexity index is 983. The number of carboxylic acid groups (broad SMARTS) is 1. The molecule has 1 aliphatic rings. The Morgan fingerprint density at radius 1 is 1.24 bits per heavy atom. The molecule has 152 valence electrons. The summed E-state index contributed by atoms with van der Waals surface area (Å²) in [5, 5.41) is 15.3. The van der Waals surface area contributed by atoms with Crippen molar-refractivity contribution in [3.05, 3.63) is 42.7 Å². The molecule has 3 heterocycles. The number of fused-ring (bicyclic) bond motifs is 1. The number of rotatable bonds is 7. The second-order valence-electron chi connectivity index (χ2n) is 6.84. The van der Waals surface area contributed by atoms with Crippen LogP contribution in [0.4, 0.5) is 22.1 Å². The minimum absolute atomic E-state index is 0.402. The average Bonchev–Trinajstić information content (AvgIpc) is 3.14. The largest absolute Gasteiger partial charge is 0.465 e. The summed E-state index contributed by atoms with van der Waals surface area (Å²) in [6, 6.07) is 10.2. The maximum absolute atomic E-state index is 10.6. The number of aromatic nitrogens is 3. The van der Waals surface area contributed by atoms with Crippen molar-refractivity contribution in [3.8, 4) is 0 Å². The molecule has 1 aliphatic heterocycles. The van der Waals surface area contributed by atoms with Crippen LogP contribution in [-0.2, 0) is 11.3 Å². The third-order valence-electron chi connectivity index (χ3n) is 4.83. The SMILES string of the molecule is O=C(O)NCCCn1ccc2cnc(Nc3cccc(N4CCOCC4)c3)nc21. The van der Waals surface area contributed by atoms with Crippen LogP contribution in [0.1, 0.15) is 6.42 Å². The van der Waals surface area contributed by atoms with Crippen molar-refractivity contribution < 1.29 is 14.6 Å². The van der Waals surface area contributed by atoms with Crippen molar-refractivity contribution in [3.63, 3.8) is 0 Å². The number of aryl methyl sites for hydroxylation is 1. The Balaban J connectivity index is 1.46. The van der Waals surface area contributed by atoms with E-state index in [1.165, 1.54) is 0 Å². The number of morpholine rings is 1. The molecule has 9 heteroatoms. The van der Waals surface area contributed by atoms with Crippen molar-refractivity contribution in [1.82, 2.24) is 19.9 Å². The van der Waals surface area contributed by atoms with Gasteiger partial charge in [0.05, 0.1) is 13.2 Å². The molecule has 0 aliphatic carbocycles. The predicted molar refractivity (Wildman–Crippen MR) is 111 cm³/mol. The molecule has 0 bridgehead atoms. The van der Waals surface area contributed by atoms with E-state index in [9.17, 15) is 4.79 Å². The standard InChI is InChI=1S/C20H24N6O3/c27-20(28)21-6-2-7-26-8-5-15-14-22-19(24-18(15)26)23-16-3-1-4-17(13-16)25-9-11-29-12-10-25/h1,3-5,8,13-14,21H,2,6-7,9-12H2,(H,27,28)(H,22,23,24). The lowest BCUT2D eigenvalue weighted by molar-refractivity contribution is 0.122. The van der Waals surface area contributed by atoms with Crippen LogP contribution in [0, 0.1) is 0 Å². The Morgan fingerprint density at radius 2 is 2.10 bits per heavy atom. The second kappa shape index (κ2) is 8.78. The lowest BCUT2D eigenvalue weighted by Gasteiger charge is -2.29. The number of carbonyl (C=O) groups is 1. The zero-order chi connectivity index (χ0) is 20.1. The van der Waals surface area contributed by atoms with Gasteiger partial charge >= 0.3 is 6.09 Å². The van der Waals surface area contributed by atoms with Gasteiger partial charge in [0.1, 0.15) is 5.65 Å². The summed E-state index contributed by atoms with van der Waals surface area (Å²) in [6.07, 6.45) is 3.42. The highest BCUT2D eigenvalue weighted by atomic mass is 16.5. The molecule has 0 spiro atoms. The third-order valence-corrected chi connectivity index (χ3v) is 4.83. The maximum Gasteiger partial charge on any atom is 0.404 e. The van der Waals surface area contributed by atoms with Gasteiger partial charge in [-0.1, -0.05) is 6.07 Å². The van der Waals surface area contributed by atoms with Crippen LogP contribution in [-0.4, -0.2) is 58.6 Å². The summed E-state index contributed by atoms with van der Waals surface area (Å²) in [7, 11) is 0. The van der Waals surface area contributed by atoms with E-state index in [-0.39, 0.29) is 0 Å². The average molecular weight is 396 g/mol. The Labute approximate surface area is 168 Å². The molecule has 29 heavy (non-hydrogen) atoms. The van der Waals surface area contributed by atoms with Crippen molar-refractivity contribution in [2.45, 2.75) is 13.0 Å². The first-order chi connectivity index (χ1) is 14.2. The van der Waals surface area contributed by atoms with E-state index in [0.29, 0.717) is 25.5 Å². The number of nitrogens with zero attached hydrogens (tertiary/aromatic N) is 4. The third kappa shape index (κ3) is 4.75. The fourth-order valence-electron chi connectivity index (χ4n) is 3.39. The van der Waals surface area contributed by atoms with Gasteiger partial charge in [0, 0.05) is 55.3 Å². The van der Waals surface area contributed by atoms with E-state index in [0.717, 1.165) is 48.7 Å². The molecule has 4 rings (SSSR count). The molecule has 3 N–H and O–H groups in total. The van der Waals surface area contributed by atoms with Crippen LogP contribution < -0.4 is 15.5 Å². The number of nitrogens with one attached hydrogen (secondary N) is 2. The number of amides is 1. The summed E-state index contributed by atoms with van der Waals surface area (Å²) in [5.74, 6) is 0.528. The molecule has 0 atom stereocenters. The quantitative estimate of drug-likeness (QED) is 0.527. The summed E-state index contributed by atoms with van der Waals surface area (Å²) < 4.78 is 7.44. The first kappa shape index (κ1) is 19.0. The number of benzene rings is 1. The maximum atomic E-state index is 10.6. The second-order valence-corrected chi connectivity index (χ2v) is 6.84. The Morgan fingerprint density at radius 3 is 2.93 bits per heavy atom. The highest BCUT2D eigenvalue weighted by Gasteiger charge is 2.12. The van der Waals surface area contributed by atoms with Gasteiger partial charge < -0.3 is 29.9 Å². The van der Waals surface area contributed by atoms with Crippen molar-refractivity contribution in [2.75, 3.05) is 43.1 Å². The minimum atomic E-state index is -1.00. The van der Waals surface area contributed by atoms with Crippen LogP contribution in [0.3, 0.4) is 0 Å². The molecule has 1 fully saturated rings. The van der Waals surface area contributed by atoms with Crippen molar-refractivity contribution in [1.29, 1.82) is 0 Å². The molecule has 0 unspecified atom stereocenters. The first-order valence-electron chi connectivity index (χ1n) is 9.67. The van der Waals surface area contributed by atoms with Crippen LogP contribution in [0.5, 0.6) is 0 Å². The molecular formula is C20H24N6O3. The van der Waals surface area contributed by atoms with Crippen molar-refractivity contribution >= 4 is 34.4 Å². The zero-order valence-electron chi connectivity index (χ0n) is 16.0. The Hall–Kier alpha value is -3.33. The summed E-state index contributed by atoms with van der Waals surface area (Å²) in [5.41, 5.74) is 2.90. The van der Waals surface area contributed by atoms with Gasteiger partial charge in [-0.3, -0.25) is 0 Å². The lowest BCUT2D eigenvalue weighted by atomic mass is 10.2. The fourth-order valence-corrected chi connectivity index (χ4v) is 3.39. The molecule has 0 radical (unpaired) electrons. The minimum Gasteiger partial charge on any atom is -0.465 e. The summed E-state index contributed by atoms with van der Waals surface area (Å²) in [4.78, 5) is 21.9. The van der Waals surface area contributed by atoms with E-state index < -0.39 is 6.09 Å². The molecule has 3 aromatic rings. The van der Waals surface area contributed by atoms with Crippen LogP contribution in [0.2, 0.25) is 0 Å². The molecule has 1 aromatic carbocycles. The van der Waals surface area contributed by atoms with E-state index in [1.807, 2.05) is 29.0 Å². The molecule has 0 saturated carbocycles. The monoisotopic (exact) mass is 396 g/mol. The highest BCUT2D eigenvalue weighted by Crippen LogP contribution is 2.23. The lowest BCUT2D eigenvalue weighted by Crippen LogP contribution is -2.36. The van der Waals surface area contributed by atoms with E-state index in [4.69, 9.17) is 9.84 Å². The molecular weight excluding hydrogens is 372 g/mol. The predicted octanol–water partition coefficient (Wildman–Crippen LogP) is 2.67. The number of ether oxygens (including phenoxy) is 1. The van der Waals surface area contributed by atoms with E-state index in [1.54, 1.807) is 6.20 Å². The van der Waals surface area contributed by atoms with Gasteiger partial charge in [-0.15, -0.1) is 0 Å². The first-order valence-corrected chi connectivity index (χ1v) is 9.67. The molecule has 9 nitrogen and oxygen atoms in total. The molecule has 1 saturated heterocycles. The van der Waals surface area contributed by atoms with Gasteiger partial charge in [0.2, 0.25) is 5.95 Å². The van der Waals surface area contributed by atoms with Crippen LogP contribution in [0.25, 0.3) is 11.0 Å². The smallest absolute Gasteiger partial charge is 0.404 e. The van der Waals surface area contributed by atoms with Gasteiger partial charge in [0.15, 0.2) is 0 Å². The fraction of sp³-hybridized carbons (Fsp3) is 0.350.